The summed E-state index contributed by atoms with van der Waals surface area (Å²) in [7, 11) is 0. The second kappa shape index (κ2) is 7.54. The highest BCUT2D eigenvalue weighted by Crippen LogP contribution is 2.22. The van der Waals surface area contributed by atoms with Gasteiger partial charge in [-0.3, -0.25) is 0 Å². The fourth-order valence-corrected chi connectivity index (χ4v) is 3.68. The van der Waals surface area contributed by atoms with Crippen LogP contribution in [0.4, 0.5) is 5.13 Å². The molecule has 2 saturated heterocycles. The normalized spacial score (nSPS) is 25.4. The van der Waals surface area contributed by atoms with Gasteiger partial charge in [0.15, 0.2) is 5.13 Å². The monoisotopic (exact) mass is 311 g/mol. The van der Waals surface area contributed by atoms with Gasteiger partial charge in [-0.2, -0.15) is 0 Å². The van der Waals surface area contributed by atoms with E-state index in [9.17, 15) is 0 Å². The van der Waals surface area contributed by atoms with Gasteiger partial charge >= 0.3 is 0 Å². The molecule has 0 spiro atoms. The number of nitrogens with zero attached hydrogens (tertiary/aromatic N) is 2. The quantitative estimate of drug-likeness (QED) is 0.869. The maximum atomic E-state index is 5.88. The molecule has 0 radical (unpaired) electrons. The summed E-state index contributed by atoms with van der Waals surface area (Å²) in [4.78, 5) is 6.78. The van der Waals surface area contributed by atoms with Crippen LogP contribution in [0.5, 0.6) is 0 Å². The first-order chi connectivity index (χ1) is 10.3. The number of ether oxygens (including phenoxy) is 2. The molecule has 2 unspecified atom stereocenters. The molecule has 21 heavy (non-hydrogen) atoms. The van der Waals surface area contributed by atoms with Crippen molar-refractivity contribution >= 4 is 16.5 Å². The minimum absolute atomic E-state index is 0.306. The van der Waals surface area contributed by atoms with Gasteiger partial charge in [-0.05, 0) is 26.2 Å². The molecular formula is C15H25N3O2S. The summed E-state index contributed by atoms with van der Waals surface area (Å²) in [5.74, 6) is 0. The lowest BCUT2D eigenvalue weighted by Gasteiger charge is -2.33. The predicted octanol–water partition coefficient (Wildman–Crippen LogP) is 1.90. The second-order valence-corrected chi connectivity index (χ2v) is 6.84. The van der Waals surface area contributed by atoms with Gasteiger partial charge in [-0.25, -0.2) is 4.98 Å². The first kappa shape index (κ1) is 15.2. The summed E-state index contributed by atoms with van der Waals surface area (Å²) in [5, 5.41) is 6.90. The van der Waals surface area contributed by atoms with E-state index < -0.39 is 0 Å². The number of hydrogen-bond donors (Lipinski definition) is 1. The number of anilines is 1. The highest BCUT2D eigenvalue weighted by Gasteiger charge is 2.22. The summed E-state index contributed by atoms with van der Waals surface area (Å²) in [6.45, 7) is 6.79. The van der Waals surface area contributed by atoms with E-state index in [1.54, 1.807) is 11.3 Å². The van der Waals surface area contributed by atoms with E-state index in [1.807, 2.05) is 11.6 Å². The fourth-order valence-electron chi connectivity index (χ4n) is 2.98. The zero-order chi connectivity index (χ0) is 14.5. The Bertz CT molecular complexity index is 401. The molecule has 2 fully saturated rings. The SMILES string of the molecule is CC(COC1CCOC1)NC1CCN(c2nccs2)CC1. The molecule has 0 aliphatic carbocycles. The number of piperidine rings is 1. The molecule has 3 rings (SSSR count). The van der Waals surface area contributed by atoms with Crippen molar-refractivity contribution in [3.63, 3.8) is 0 Å². The van der Waals surface area contributed by atoms with Crippen molar-refractivity contribution < 1.29 is 9.47 Å². The van der Waals surface area contributed by atoms with Crippen molar-refractivity contribution in [3.05, 3.63) is 11.6 Å². The highest BCUT2D eigenvalue weighted by atomic mass is 32.1. The summed E-state index contributed by atoms with van der Waals surface area (Å²) in [6, 6.07) is 1.00. The Hall–Kier alpha value is -0.690. The van der Waals surface area contributed by atoms with Crippen LogP contribution in [0.1, 0.15) is 26.2 Å². The highest BCUT2D eigenvalue weighted by molar-refractivity contribution is 7.13. The maximum Gasteiger partial charge on any atom is 0.185 e. The van der Waals surface area contributed by atoms with Crippen molar-refractivity contribution in [2.75, 3.05) is 37.8 Å². The van der Waals surface area contributed by atoms with E-state index in [0.29, 0.717) is 18.2 Å². The predicted molar refractivity (Wildman–Crippen MR) is 85.1 cm³/mol. The Morgan fingerprint density at radius 2 is 2.33 bits per heavy atom. The third kappa shape index (κ3) is 4.39. The van der Waals surface area contributed by atoms with Crippen molar-refractivity contribution in [2.24, 2.45) is 0 Å². The number of nitrogens with one attached hydrogen (secondary N) is 1. The molecule has 1 aromatic rings. The van der Waals surface area contributed by atoms with Crippen LogP contribution in [-0.2, 0) is 9.47 Å². The average molecular weight is 311 g/mol. The van der Waals surface area contributed by atoms with Gasteiger partial charge in [-0.15, -0.1) is 11.3 Å². The first-order valence-corrected chi connectivity index (χ1v) is 8.79. The topological polar surface area (TPSA) is 46.6 Å². The summed E-state index contributed by atoms with van der Waals surface area (Å²) in [6.07, 6.45) is 5.59. The number of rotatable bonds is 6. The molecular weight excluding hydrogens is 286 g/mol. The molecule has 0 aromatic carbocycles. The van der Waals surface area contributed by atoms with Gasteiger partial charge in [0.25, 0.3) is 0 Å². The van der Waals surface area contributed by atoms with E-state index in [0.717, 1.165) is 44.5 Å². The summed E-state index contributed by atoms with van der Waals surface area (Å²) in [5.41, 5.74) is 0. The van der Waals surface area contributed by atoms with E-state index in [4.69, 9.17) is 9.47 Å². The Labute approximate surface area is 130 Å². The molecule has 0 amide bonds. The summed E-state index contributed by atoms with van der Waals surface area (Å²) < 4.78 is 11.2. The van der Waals surface area contributed by atoms with E-state index in [-0.39, 0.29) is 0 Å². The summed E-state index contributed by atoms with van der Waals surface area (Å²) >= 11 is 1.73. The van der Waals surface area contributed by atoms with Gasteiger partial charge in [-0.1, -0.05) is 0 Å². The molecule has 6 heteroatoms. The van der Waals surface area contributed by atoms with Crippen molar-refractivity contribution in [1.29, 1.82) is 0 Å². The van der Waals surface area contributed by atoms with Crippen LogP contribution >= 0.6 is 11.3 Å². The number of aromatic nitrogens is 1. The molecule has 1 aromatic heterocycles. The van der Waals surface area contributed by atoms with Crippen molar-refractivity contribution in [1.82, 2.24) is 10.3 Å². The van der Waals surface area contributed by atoms with Crippen molar-refractivity contribution in [2.45, 2.75) is 44.4 Å². The molecule has 118 valence electrons. The van der Waals surface area contributed by atoms with Gasteiger partial charge < -0.3 is 19.7 Å². The van der Waals surface area contributed by atoms with Crippen molar-refractivity contribution in [3.8, 4) is 0 Å². The van der Waals surface area contributed by atoms with Crippen LogP contribution in [0.2, 0.25) is 0 Å². The number of thiazole rings is 1. The smallest absolute Gasteiger partial charge is 0.185 e. The van der Waals surface area contributed by atoms with Gasteiger partial charge in [0.1, 0.15) is 0 Å². The van der Waals surface area contributed by atoms with E-state index >= 15 is 0 Å². The largest absolute Gasteiger partial charge is 0.379 e. The molecule has 0 saturated carbocycles. The minimum atomic E-state index is 0.306. The molecule has 3 heterocycles. The van der Waals surface area contributed by atoms with Gasteiger partial charge in [0.2, 0.25) is 0 Å². The third-order valence-electron chi connectivity index (χ3n) is 4.17. The van der Waals surface area contributed by atoms with Crippen LogP contribution < -0.4 is 10.2 Å². The van der Waals surface area contributed by atoms with Crippen LogP contribution in [0.15, 0.2) is 11.6 Å². The lowest BCUT2D eigenvalue weighted by atomic mass is 10.0. The zero-order valence-electron chi connectivity index (χ0n) is 12.7. The minimum Gasteiger partial charge on any atom is -0.379 e. The Balaban J connectivity index is 1.34. The van der Waals surface area contributed by atoms with Crippen LogP contribution in [0.3, 0.4) is 0 Å². The molecule has 2 aliphatic rings. The fraction of sp³-hybridized carbons (Fsp3) is 0.800. The number of hydrogen-bond acceptors (Lipinski definition) is 6. The average Bonchev–Trinajstić information content (AvgIpc) is 3.19. The Kier molecular flexibility index (Phi) is 5.46. The molecule has 2 aliphatic heterocycles. The first-order valence-electron chi connectivity index (χ1n) is 7.91. The molecule has 0 bridgehead atoms. The van der Waals surface area contributed by atoms with E-state index in [1.165, 1.54) is 12.8 Å². The molecule has 2 atom stereocenters. The van der Waals surface area contributed by atoms with Crippen LogP contribution in [0, 0.1) is 0 Å². The Morgan fingerprint density at radius 1 is 1.48 bits per heavy atom. The second-order valence-electron chi connectivity index (χ2n) is 5.96. The van der Waals surface area contributed by atoms with Crippen LogP contribution in [-0.4, -0.2) is 56.1 Å². The lowest BCUT2D eigenvalue weighted by molar-refractivity contribution is 0.0304. The van der Waals surface area contributed by atoms with Gasteiger partial charge in [0, 0.05) is 43.4 Å². The third-order valence-corrected chi connectivity index (χ3v) is 5.01. The Morgan fingerprint density at radius 3 is 3.00 bits per heavy atom. The van der Waals surface area contributed by atoms with Gasteiger partial charge in [0.05, 0.1) is 19.3 Å². The zero-order valence-corrected chi connectivity index (χ0v) is 13.5. The molecule has 1 N–H and O–H groups in total. The lowest BCUT2D eigenvalue weighted by Crippen LogP contribution is -2.47. The maximum absolute atomic E-state index is 5.88. The molecule has 5 nitrogen and oxygen atoms in total. The van der Waals surface area contributed by atoms with Crippen LogP contribution in [0.25, 0.3) is 0 Å². The van der Waals surface area contributed by atoms with E-state index in [2.05, 4.69) is 22.1 Å². The standard InChI is InChI=1S/C15H25N3O2S/c1-12(10-20-14-4-8-19-11-14)17-13-2-6-18(7-3-13)15-16-5-9-21-15/h5,9,12-14,17H,2-4,6-8,10-11H2,1H3.